The van der Waals surface area contributed by atoms with Crippen molar-refractivity contribution in [2.75, 3.05) is 19.6 Å². The zero-order valence-corrected chi connectivity index (χ0v) is 11.2. The Morgan fingerprint density at radius 2 is 1.94 bits per heavy atom. The van der Waals surface area contributed by atoms with E-state index in [4.69, 9.17) is 0 Å². The van der Waals surface area contributed by atoms with Crippen molar-refractivity contribution in [1.82, 2.24) is 10.2 Å². The van der Waals surface area contributed by atoms with Gasteiger partial charge in [-0.15, -0.1) is 12.4 Å². The van der Waals surface area contributed by atoms with Crippen molar-refractivity contribution >= 4 is 18.3 Å². The zero-order chi connectivity index (χ0) is 11.7. The molecule has 3 rings (SSSR count). The molecule has 98 valence electrons. The molecule has 0 aliphatic carbocycles. The number of rotatable bonds is 2. The molecule has 0 bridgehead atoms. The fourth-order valence-electron chi connectivity index (χ4n) is 2.84. The molecule has 0 aromatic heterocycles. The van der Waals surface area contributed by atoms with Gasteiger partial charge in [0.25, 0.3) is 5.91 Å². The summed E-state index contributed by atoms with van der Waals surface area (Å²) in [4.78, 5) is 14.2. The summed E-state index contributed by atoms with van der Waals surface area (Å²) in [6.07, 6.45) is 2.39. The Bertz CT molecular complexity index is 430. The Balaban J connectivity index is 0.00000120. The summed E-state index contributed by atoms with van der Waals surface area (Å²) in [5.41, 5.74) is 2.09. The summed E-state index contributed by atoms with van der Waals surface area (Å²) < 4.78 is 0. The van der Waals surface area contributed by atoms with Crippen LogP contribution in [0, 0.1) is 5.92 Å². The maximum absolute atomic E-state index is 12.2. The maximum atomic E-state index is 12.2. The summed E-state index contributed by atoms with van der Waals surface area (Å²) in [5.74, 6) is 0.897. The SMILES string of the molecule is Cl.O=C1c2ccccc2CN1CC1CCNCC1. The van der Waals surface area contributed by atoms with E-state index < -0.39 is 0 Å². The van der Waals surface area contributed by atoms with E-state index in [1.54, 1.807) is 0 Å². The van der Waals surface area contributed by atoms with E-state index in [0.29, 0.717) is 5.92 Å². The Morgan fingerprint density at radius 1 is 1.22 bits per heavy atom. The van der Waals surface area contributed by atoms with Crippen molar-refractivity contribution in [3.63, 3.8) is 0 Å². The zero-order valence-electron chi connectivity index (χ0n) is 10.4. The van der Waals surface area contributed by atoms with Crippen molar-refractivity contribution in [2.45, 2.75) is 19.4 Å². The van der Waals surface area contributed by atoms with E-state index in [2.05, 4.69) is 11.4 Å². The fourth-order valence-corrected chi connectivity index (χ4v) is 2.84. The molecule has 0 saturated carbocycles. The number of halogens is 1. The molecular formula is C14H19ClN2O. The average molecular weight is 267 g/mol. The number of hydrogen-bond donors (Lipinski definition) is 1. The quantitative estimate of drug-likeness (QED) is 0.889. The number of amides is 1. The third kappa shape index (κ3) is 2.52. The number of benzene rings is 1. The van der Waals surface area contributed by atoms with Gasteiger partial charge in [-0.05, 0) is 43.5 Å². The van der Waals surface area contributed by atoms with Crippen molar-refractivity contribution in [2.24, 2.45) is 5.92 Å². The van der Waals surface area contributed by atoms with Gasteiger partial charge in [0.1, 0.15) is 0 Å². The molecule has 0 unspecified atom stereocenters. The van der Waals surface area contributed by atoms with E-state index in [-0.39, 0.29) is 18.3 Å². The van der Waals surface area contributed by atoms with E-state index in [0.717, 1.165) is 31.7 Å². The van der Waals surface area contributed by atoms with E-state index in [1.165, 1.54) is 18.4 Å². The molecule has 4 heteroatoms. The Hall–Kier alpha value is -1.06. The van der Waals surface area contributed by atoms with Crippen LogP contribution in [0.1, 0.15) is 28.8 Å². The first kappa shape index (κ1) is 13.4. The first-order chi connectivity index (χ1) is 8.34. The summed E-state index contributed by atoms with van der Waals surface area (Å²) >= 11 is 0. The molecule has 2 heterocycles. The third-order valence-electron chi connectivity index (χ3n) is 3.83. The second-order valence-electron chi connectivity index (χ2n) is 5.04. The minimum atomic E-state index is 0. The predicted octanol–water partition coefficient (Wildman–Crippen LogP) is 2.06. The summed E-state index contributed by atoms with van der Waals surface area (Å²) in [6, 6.07) is 7.97. The molecule has 1 N–H and O–H groups in total. The largest absolute Gasteiger partial charge is 0.334 e. The number of piperidine rings is 1. The molecule has 1 amide bonds. The molecule has 1 aromatic rings. The lowest BCUT2D eigenvalue weighted by molar-refractivity contribution is 0.0740. The predicted molar refractivity (Wildman–Crippen MR) is 74.0 cm³/mol. The smallest absolute Gasteiger partial charge is 0.254 e. The molecule has 1 saturated heterocycles. The van der Waals surface area contributed by atoms with Gasteiger partial charge >= 0.3 is 0 Å². The van der Waals surface area contributed by atoms with Crippen LogP contribution in [0.3, 0.4) is 0 Å². The standard InChI is InChI=1S/C14H18N2O.ClH/c17-14-13-4-2-1-3-12(13)10-16(14)9-11-5-7-15-8-6-11;/h1-4,11,15H,5-10H2;1H. The normalized spacial score (nSPS) is 19.6. The van der Waals surface area contributed by atoms with Gasteiger partial charge in [0, 0.05) is 18.7 Å². The minimum Gasteiger partial charge on any atom is -0.334 e. The highest BCUT2D eigenvalue weighted by molar-refractivity contribution is 5.98. The lowest BCUT2D eigenvalue weighted by Crippen LogP contribution is -2.36. The van der Waals surface area contributed by atoms with Crippen LogP contribution >= 0.6 is 12.4 Å². The molecule has 0 radical (unpaired) electrons. The van der Waals surface area contributed by atoms with Gasteiger partial charge in [0.2, 0.25) is 0 Å². The summed E-state index contributed by atoms with van der Waals surface area (Å²) in [6.45, 7) is 3.92. The molecule has 2 aliphatic rings. The minimum absolute atomic E-state index is 0. The molecule has 0 spiro atoms. The fraction of sp³-hybridized carbons (Fsp3) is 0.500. The second-order valence-corrected chi connectivity index (χ2v) is 5.04. The number of fused-ring (bicyclic) bond motifs is 1. The summed E-state index contributed by atoms with van der Waals surface area (Å²) in [7, 11) is 0. The molecular weight excluding hydrogens is 248 g/mol. The molecule has 0 atom stereocenters. The van der Waals surface area contributed by atoms with Gasteiger partial charge in [-0.2, -0.15) is 0 Å². The van der Waals surface area contributed by atoms with Gasteiger partial charge in [-0.25, -0.2) is 0 Å². The monoisotopic (exact) mass is 266 g/mol. The van der Waals surface area contributed by atoms with Gasteiger partial charge < -0.3 is 10.2 Å². The lowest BCUT2D eigenvalue weighted by Gasteiger charge is -2.27. The van der Waals surface area contributed by atoms with Crippen LogP contribution in [-0.4, -0.2) is 30.4 Å². The highest BCUT2D eigenvalue weighted by Crippen LogP contribution is 2.24. The average Bonchev–Trinajstić information content (AvgIpc) is 2.68. The topological polar surface area (TPSA) is 32.3 Å². The summed E-state index contributed by atoms with van der Waals surface area (Å²) in [5, 5.41) is 3.36. The van der Waals surface area contributed by atoms with Crippen LogP contribution in [0.2, 0.25) is 0 Å². The van der Waals surface area contributed by atoms with Crippen molar-refractivity contribution in [1.29, 1.82) is 0 Å². The van der Waals surface area contributed by atoms with Gasteiger partial charge in [-0.3, -0.25) is 4.79 Å². The van der Waals surface area contributed by atoms with E-state index >= 15 is 0 Å². The van der Waals surface area contributed by atoms with Crippen molar-refractivity contribution in [3.8, 4) is 0 Å². The van der Waals surface area contributed by atoms with Crippen LogP contribution in [0.5, 0.6) is 0 Å². The lowest BCUT2D eigenvalue weighted by atomic mass is 9.98. The van der Waals surface area contributed by atoms with E-state index in [9.17, 15) is 4.79 Å². The first-order valence-electron chi connectivity index (χ1n) is 6.42. The van der Waals surface area contributed by atoms with Crippen LogP contribution in [-0.2, 0) is 6.54 Å². The first-order valence-corrected chi connectivity index (χ1v) is 6.42. The molecule has 2 aliphatic heterocycles. The molecule has 1 aromatic carbocycles. The Kier molecular flexibility index (Phi) is 4.25. The highest BCUT2D eigenvalue weighted by Gasteiger charge is 2.28. The van der Waals surface area contributed by atoms with Crippen molar-refractivity contribution in [3.05, 3.63) is 35.4 Å². The number of carbonyl (C=O) groups excluding carboxylic acids is 1. The Morgan fingerprint density at radius 3 is 2.67 bits per heavy atom. The van der Waals surface area contributed by atoms with Crippen LogP contribution in [0.25, 0.3) is 0 Å². The van der Waals surface area contributed by atoms with Gasteiger partial charge in [-0.1, -0.05) is 18.2 Å². The van der Waals surface area contributed by atoms with E-state index in [1.807, 2.05) is 23.1 Å². The van der Waals surface area contributed by atoms with Gasteiger partial charge in [0.05, 0.1) is 0 Å². The number of nitrogens with zero attached hydrogens (tertiary/aromatic N) is 1. The Labute approximate surface area is 114 Å². The molecule has 18 heavy (non-hydrogen) atoms. The third-order valence-corrected chi connectivity index (χ3v) is 3.83. The second kappa shape index (κ2) is 5.72. The number of nitrogens with one attached hydrogen (secondary N) is 1. The van der Waals surface area contributed by atoms with Crippen molar-refractivity contribution < 1.29 is 4.79 Å². The molecule has 1 fully saturated rings. The maximum Gasteiger partial charge on any atom is 0.254 e. The highest BCUT2D eigenvalue weighted by atomic mass is 35.5. The van der Waals surface area contributed by atoms with Crippen LogP contribution in [0.15, 0.2) is 24.3 Å². The number of hydrogen-bond acceptors (Lipinski definition) is 2. The molecule has 3 nitrogen and oxygen atoms in total. The van der Waals surface area contributed by atoms with Gasteiger partial charge in [0.15, 0.2) is 0 Å². The van der Waals surface area contributed by atoms with Crippen LogP contribution < -0.4 is 5.32 Å². The van der Waals surface area contributed by atoms with Crippen LogP contribution in [0.4, 0.5) is 0 Å². The number of carbonyl (C=O) groups is 1.